The summed E-state index contributed by atoms with van der Waals surface area (Å²) in [6, 6.07) is 6.94. The Morgan fingerprint density at radius 2 is 1.69 bits per heavy atom. The maximum atomic E-state index is 14.1. The highest BCUT2D eigenvalue weighted by Gasteiger charge is 3.04. The van der Waals surface area contributed by atoms with Crippen molar-refractivity contribution in [3.05, 3.63) is 42.2 Å². The molecule has 1 heterocycles. The van der Waals surface area contributed by atoms with Gasteiger partial charge in [0.15, 0.2) is 5.82 Å². The van der Waals surface area contributed by atoms with E-state index in [1.807, 2.05) is 12.4 Å². The first-order valence-electron chi connectivity index (χ1n) is 12.0. The SMILES string of the molecule is CCCCCCCCc1cnc(-c2ccc(OC(=O)[C@@H]3C[C@@]34C(F)(F)C43CC3)cc2)nc1. The highest BCUT2D eigenvalue weighted by atomic mass is 19.3. The molecule has 0 bridgehead atoms. The van der Waals surface area contributed by atoms with Crippen LogP contribution >= 0.6 is 0 Å². The van der Waals surface area contributed by atoms with Crippen LogP contribution in [0.3, 0.4) is 0 Å². The Morgan fingerprint density at radius 3 is 2.31 bits per heavy atom. The van der Waals surface area contributed by atoms with Gasteiger partial charge in [-0.05, 0) is 61.9 Å². The Bertz CT molecular complexity index is 980. The van der Waals surface area contributed by atoms with E-state index in [0.29, 0.717) is 24.4 Å². The van der Waals surface area contributed by atoms with E-state index in [2.05, 4.69) is 16.9 Å². The van der Waals surface area contributed by atoms with Crippen molar-refractivity contribution in [2.45, 2.75) is 77.1 Å². The molecule has 4 nitrogen and oxygen atoms in total. The normalized spacial score (nSPS) is 25.7. The van der Waals surface area contributed by atoms with E-state index in [0.717, 1.165) is 24.0 Å². The van der Waals surface area contributed by atoms with Gasteiger partial charge in [0.2, 0.25) is 0 Å². The van der Waals surface area contributed by atoms with E-state index < -0.39 is 28.6 Å². The topological polar surface area (TPSA) is 52.1 Å². The summed E-state index contributed by atoms with van der Waals surface area (Å²) in [6.45, 7) is 2.22. The van der Waals surface area contributed by atoms with Crippen LogP contribution in [0.25, 0.3) is 11.4 Å². The predicted octanol–water partition coefficient (Wildman–Crippen LogP) is 6.39. The number of aromatic nitrogens is 2. The number of alkyl halides is 2. The van der Waals surface area contributed by atoms with E-state index in [1.165, 1.54) is 32.1 Å². The molecule has 0 N–H and O–H groups in total. The molecule has 2 spiro atoms. The molecule has 3 saturated carbocycles. The lowest BCUT2D eigenvalue weighted by Crippen LogP contribution is -2.13. The predicted molar refractivity (Wildman–Crippen MR) is 117 cm³/mol. The van der Waals surface area contributed by atoms with Crippen LogP contribution in [0.5, 0.6) is 5.75 Å². The summed E-state index contributed by atoms with van der Waals surface area (Å²) in [4.78, 5) is 21.3. The third-order valence-electron chi connectivity index (χ3n) is 7.80. The van der Waals surface area contributed by atoms with Gasteiger partial charge in [-0.25, -0.2) is 18.7 Å². The molecule has 3 fully saturated rings. The third kappa shape index (κ3) is 3.34. The molecule has 0 aliphatic heterocycles. The van der Waals surface area contributed by atoms with Gasteiger partial charge in [-0.2, -0.15) is 0 Å². The average Bonchev–Trinajstić information content (AvgIpc) is 3.70. The number of ether oxygens (including phenoxy) is 1. The van der Waals surface area contributed by atoms with Crippen molar-refractivity contribution in [2.24, 2.45) is 16.7 Å². The van der Waals surface area contributed by atoms with Crippen LogP contribution in [0.2, 0.25) is 0 Å². The van der Waals surface area contributed by atoms with Crippen LogP contribution in [-0.2, 0) is 11.2 Å². The van der Waals surface area contributed by atoms with Gasteiger partial charge in [0.05, 0.1) is 11.3 Å². The number of fused-ring (bicyclic) bond motifs is 1. The first kappa shape index (κ1) is 21.5. The highest BCUT2D eigenvalue weighted by Crippen LogP contribution is 2.97. The Kier molecular flexibility index (Phi) is 5.30. The quantitative estimate of drug-likeness (QED) is 0.244. The molecule has 170 valence electrons. The fraction of sp³-hybridized carbons (Fsp3) is 0.577. The molecule has 3 aliphatic rings. The number of carbonyl (C=O) groups excluding carboxylic acids is 1. The fourth-order valence-electron chi connectivity index (χ4n) is 5.61. The van der Waals surface area contributed by atoms with Gasteiger partial charge < -0.3 is 4.74 Å². The summed E-state index contributed by atoms with van der Waals surface area (Å²) in [5.74, 6) is -2.90. The van der Waals surface area contributed by atoms with Crippen LogP contribution in [0.4, 0.5) is 8.78 Å². The molecule has 2 aromatic rings. The van der Waals surface area contributed by atoms with Gasteiger partial charge in [-0.15, -0.1) is 0 Å². The zero-order chi connectivity index (χ0) is 22.4. The lowest BCUT2D eigenvalue weighted by molar-refractivity contribution is -0.136. The Morgan fingerprint density at radius 1 is 1.03 bits per heavy atom. The summed E-state index contributed by atoms with van der Waals surface area (Å²) in [5, 5.41) is 0. The number of aryl methyl sites for hydroxylation is 1. The second-order valence-corrected chi connectivity index (χ2v) is 9.76. The van der Waals surface area contributed by atoms with E-state index in [-0.39, 0.29) is 6.42 Å². The number of esters is 1. The standard InChI is InChI=1S/C26H30F2N2O2/c1-2-3-4-5-6-7-8-18-16-29-22(30-17-18)19-9-11-20(12-10-19)32-23(31)21-15-25(21)24(13-14-24)26(25,27)28/h9-12,16-17,21H,2-8,13-15H2,1H3/t21-,25+/m0/s1. The van der Waals surface area contributed by atoms with Crippen molar-refractivity contribution in [1.29, 1.82) is 0 Å². The van der Waals surface area contributed by atoms with Gasteiger partial charge in [-0.3, -0.25) is 4.79 Å². The number of carbonyl (C=O) groups is 1. The first-order chi connectivity index (χ1) is 15.4. The molecular formula is C26H30F2N2O2. The fourth-order valence-corrected chi connectivity index (χ4v) is 5.61. The molecule has 0 saturated heterocycles. The van der Waals surface area contributed by atoms with E-state index in [9.17, 15) is 13.6 Å². The number of hydrogen-bond acceptors (Lipinski definition) is 4. The molecule has 2 atom stereocenters. The zero-order valence-corrected chi connectivity index (χ0v) is 18.6. The van der Waals surface area contributed by atoms with Crippen LogP contribution in [-0.4, -0.2) is 21.9 Å². The molecule has 0 radical (unpaired) electrons. The number of nitrogens with zero attached hydrogens (tertiary/aromatic N) is 2. The van der Waals surface area contributed by atoms with Crippen molar-refractivity contribution in [3.8, 4) is 17.1 Å². The molecule has 0 unspecified atom stereocenters. The van der Waals surface area contributed by atoms with Crippen LogP contribution in [0.15, 0.2) is 36.7 Å². The lowest BCUT2D eigenvalue weighted by Gasteiger charge is -2.06. The Balaban J connectivity index is 1.11. The summed E-state index contributed by atoms with van der Waals surface area (Å²) < 4.78 is 33.7. The number of hydrogen-bond donors (Lipinski definition) is 0. The van der Waals surface area contributed by atoms with E-state index in [4.69, 9.17) is 4.74 Å². The minimum Gasteiger partial charge on any atom is -0.426 e. The molecule has 3 aliphatic carbocycles. The number of rotatable bonds is 10. The van der Waals surface area contributed by atoms with Gasteiger partial charge in [-0.1, -0.05) is 39.0 Å². The van der Waals surface area contributed by atoms with Crippen LogP contribution in [0, 0.1) is 16.7 Å². The maximum absolute atomic E-state index is 14.1. The van der Waals surface area contributed by atoms with Gasteiger partial charge in [0, 0.05) is 23.4 Å². The minimum atomic E-state index is -2.69. The number of unbranched alkanes of at least 4 members (excludes halogenated alkanes) is 5. The molecule has 6 heteroatoms. The van der Waals surface area contributed by atoms with E-state index in [1.54, 1.807) is 24.3 Å². The van der Waals surface area contributed by atoms with Crippen molar-refractivity contribution >= 4 is 5.97 Å². The highest BCUT2D eigenvalue weighted by molar-refractivity contribution is 5.82. The minimum absolute atomic E-state index is 0.260. The molecule has 5 rings (SSSR count). The van der Waals surface area contributed by atoms with Gasteiger partial charge in [0.1, 0.15) is 5.75 Å². The molecule has 1 aromatic carbocycles. The van der Waals surface area contributed by atoms with E-state index >= 15 is 0 Å². The van der Waals surface area contributed by atoms with Crippen LogP contribution in [0.1, 0.15) is 70.3 Å². The maximum Gasteiger partial charge on any atom is 0.315 e. The lowest BCUT2D eigenvalue weighted by atomic mass is 10.1. The largest absolute Gasteiger partial charge is 0.426 e. The average molecular weight is 441 g/mol. The van der Waals surface area contributed by atoms with Gasteiger partial charge >= 0.3 is 5.97 Å². The number of benzene rings is 1. The molecule has 32 heavy (non-hydrogen) atoms. The van der Waals surface area contributed by atoms with Crippen molar-refractivity contribution < 1.29 is 18.3 Å². The van der Waals surface area contributed by atoms with Crippen molar-refractivity contribution in [3.63, 3.8) is 0 Å². The first-order valence-corrected chi connectivity index (χ1v) is 12.0. The van der Waals surface area contributed by atoms with Crippen molar-refractivity contribution in [2.75, 3.05) is 0 Å². The third-order valence-corrected chi connectivity index (χ3v) is 7.80. The monoisotopic (exact) mass is 440 g/mol. The Labute approximate surface area is 187 Å². The molecular weight excluding hydrogens is 410 g/mol. The van der Waals surface area contributed by atoms with Crippen molar-refractivity contribution in [1.82, 2.24) is 9.97 Å². The second kappa shape index (κ2) is 7.89. The number of halogens is 2. The summed E-state index contributed by atoms with van der Waals surface area (Å²) in [5.41, 5.74) is -0.0169. The molecule has 0 amide bonds. The van der Waals surface area contributed by atoms with Gasteiger partial charge in [0.25, 0.3) is 5.92 Å². The summed E-state index contributed by atoms with van der Waals surface area (Å²) in [7, 11) is 0. The summed E-state index contributed by atoms with van der Waals surface area (Å²) >= 11 is 0. The molecule has 1 aromatic heterocycles. The smallest absolute Gasteiger partial charge is 0.315 e. The Hall–Kier alpha value is -2.37. The zero-order valence-electron chi connectivity index (χ0n) is 18.6. The second-order valence-electron chi connectivity index (χ2n) is 9.76. The van der Waals surface area contributed by atoms with Crippen LogP contribution < -0.4 is 4.74 Å². The summed E-state index contributed by atoms with van der Waals surface area (Å²) in [6.07, 6.45) is 13.6.